The van der Waals surface area contributed by atoms with Crippen LogP contribution in [0.15, 0.2) is 35.2 Å². The first-order chi connectivity index (χ1) is 11.7. The summed E-state index contributed by atoms with van der Waals surface area (Å²) in [5, 5.41) is 13.5. The number of hydrogen-bond donors (Lipinski definition) is 2. The first-order valence-electron chi connectivity index (χ1n) is 7.98. The first kappa shape index (κ1) is 17.2. The normalized spacial score (nSPS) is 11.1. The molecule has 126 valence electrons. The molecule has 2 N–H and O–H groups in total. The number of aromatic nitrogens is 2. The molecule has 2 aromatic heterocycles. The van der Waals surface area contributed by atoms with E-state index in [1.807, 2.05) is 18.2 Å². The van der Waals surface area contributed by atoms with Crippen LogP contribution in [0.3, 0.4) is 0 Å². The average Bonchev–Trinajstić information content (AvgIpc) is 2.88. The molecule has 0 aliphatic heterocycles. The van der Waals surface area contributed by atoms with Crippen LogP contribution in [0.2, 0.25) is 0 Å². The molecule has 3 rings (SSSR count). The summed E-state index contributed by atoms with van der Waals surface area (Å²) in [6, 6.07) is 10.3. The van der Waals surface area contributed by atoms with Gasteiger partial charge < -0.3 is 10.4 Å². The van der Waals surface area contributed by atoms with Crippen molar-refractivity contribution in [2.45, 2.75) is 30.9 Å². The smallest absolute Gasteiger partial charge is 0.142 e. The van der Waals surface area contributed by atoms with E-state index < -0.39 is 0 Å². The molecule has 0 saturated carbocycles. The Morgan fingerprint density at radius 3 is 2.71 bits per heavy atom. The topological polar surface area (TPSA) is 58.0 Å². The summed E-state index contributed by atoms with van der Waals surface area (Å²) in [5.41, 5.74) is 1.24. The van der Waals surface area contributed by atoms with Gasteiger partial charge in [-0.3, -0.25) is 0 Å². The second-order valence-electron chi connectivity index (χ2n) is 5.56. The van der Waals surface area contributed by atoms with Crippen molar-refractivity contribution < 1.29 is 5.11 Å². The number of benzene rings is 1. The van der Waals surface area contributed by atoms with Gasteiger partial charge in [-0.15, -0.1) is 23.1 Å². The molecule has 2 heterocycles. The average molecular weight is 360 g/mol. The van der Waals surface area contributed by atoms with Crippen molar-refractivity contribution in [1.29, 1.82) is 0 Å². The predicted molar refractivity (Wildman–Crippen MR) is 103 cm³/mol. The Labute approximate surface area is 150 Å². The summed E-state index contributed by atoms with van der Waals surface area (Å²) >= 11 is 3.46. The van der Waals surface area contributed by atoms with Gasteiger partial charge in [0.25, 0.3) is 0 Å². The van der Waals surface area contributed by atoms with Crippen LogP contribution < -0.4 is 5.32 Å². The lowest BCUT2D eigenvalue weighted by Gasteiger charge is -2.09. The minimum Gasteiger partial charge on any atom is -0.396 e. The number of hydrogen-bond acceptors (Lipinski definition) is 6. The van der Waals surface area contributed by atoms with E-state index in [9.17, 15) is 0 Å². The third-order valence-corrected chi connectivity index (χ3v) is 5.92. The van der Waals surface area contributed by atoms with Crippen LogP contribution in [0.4, 0.5) is 5.82 Å². The summed E-state index contributed by atoms with van der Waals surface area (Å²) in [5.74, 6) is 2.47. The highest BCUT2D eigenvalue weighted by Gasteiger charge is 2.14. The number of thiophene rings is 1. The van der Waals surface area contributed by atoms with Crippen molar-refractivity contribution in [3.63, 3.8) is 0 Å². The zero-order valence-electron chi connectivity index (χ0n) is 13.9. The van der Waals surface area contributed by atoms with Crippen LogP contribution in [-0.2, 0) is 5.75 Å². The molecule has 0 bridgehead atoms. The molecular formula is C18H21N3OS2. The zero-order valence-corrected chi connectivity index (χ0v) is 15.5. The number of nitrogens with zero attached hydrogens (tertiary/aromatic N) is 2. The molecule has 0 radical (unpaired) electrons. The highest BCUT2D eigenvalue weighted by Crippen LogP contribution is 2.34. The van der Waals surface area contributed by atoms with E-state index in [0.717, 1.165) is 27.6 Å². The van der Waals surface area contributed by atoms with Gasteiger partial charge in [0, 0.05) is 22.9 Å². The van der Waals surface area contributed by atoms with Crippen LogP contribution in [0, 0.1) is 13.8 Å². The number of aliphatic hydroxyl groups is 1. The minimum absolute atomic E-state index is 0.180. The molecular weight excluding hydrogens is 338 g/mol. The number of fused-ring (bicyclic) bond motifs is 1. The van der Waals surface area contributed by atoms with Gasteiger partial charge in [0.15, 0.2) is 0 Å². The Morgan fingerprint density at radius 1 is 1.17 bits per heavy atom. The minimum atomic E-state index is 0.180. The maximum absolute atomic E-state index is 9.01. The number of nitrogens with one attached hydrogen (secondary N) is 1. The SMILES string of the molecule is Cc1sc2nc(CSc3ccccc3)nc(NCCCO)c2c1C. The van der Waals surface area contributed by atoms with Crippen molar-refractivity contribution in [2.24, 2.45) is 0 Å². The highest BCUT2D eigenvalue weighted by atomic mass is 32.2. The fourth-order valence-corrected chi connectivity index (χ4v) is 4.26. The van der Waals surface area contributed by atoms with Gasteiger partial charge >= 0.3 is 0 Å². The van der Waals surface area contributed by atoms with E-state index in [1.54, 1.807) is 23.1 Å². The van der Waals surface area contributed by atoms with Crippen LogP contribution in [0.25, 0.3) is 10.2 Å². The fourth-order valence-electron chi connectivity index (χ4n) is 2.44. The van der Waals surface area contributed by atoms with E-state index in [4.69, 9.17) is 15.1 Å². The molecule has 24 heavy (non-hydrogen) atoms. The molecule has 6 heteroatoms. The Kier molecular flexibility index (Phi) is 5.71. The van der Waals surface area contributed by atoms with Crippen molar-refractivity contribution in [3.8, 4) is 0 Å². The van der Waals surface area contributed by atoms with E-state index in [-0.39, 0.29) is 6.61 Å². The third kappa shape index (κ3) is 3.88. The van der Waals surface area contributed by atoms with Crippen LogP contribution in [0.1, 0.15) is 22.7 Å². The number of thioether (sulfide) groups is 1. The predicted octanol–water partition coefficient (Wildman–Crippen LogP) is 4.39. The molecule has 3 aromatic rings. The van der Waals surface area contributed by atoms with Crippen molar-refractivity contribution >= 4 is 39.1 Å². The van der Waals surface area contributed by atoms with Crippen LogP contribution in [-0.4, -0.2) is 28.2 Å². The number of rotatable bonds is 7. The Balaban J connectivity index is 1.88. The van der Waals surface area contributed by atoms with E-state index in [0.29, 0.717) is 13.0 Å². The number of aryl methyl sites for hydroxylation is 2. The molecule has 0 spiro atoms. The van der Waals surface area contributed by atoms with Gasteiger partial charge in [-0.1, -0.05) is 18.2 Å². The van der Waals surface area contributed by atoms with Gasteiger partial charge in [0.05, 0.1) is 11.1 Å². The second kappa shape index (κ2) is 7.96. The molecule has 0 saturated heterocycles. The molecule has 0 aliphatic rings. The Bertz CT molecular complexity index is 818. The lowest BCUT2D eigenvalue weighted by molar-refractivity contribution is 0.292. The summed E-state index contributed by atoms with van der Waals surface area (Å²) in [4.78, 5) is 13.0. The largest absolute Gasteiger partial charge is 0.396 e. The van der Waals surface area contributed by atoms with Crippen molar-refractivity contribution in [1.82, 2.24) is 9.97 Å². The lowest BCUT2D eigenvalue weighted by Crippen LogP contribution is -2.07. The molecule has 1 aromatic carbocycles. The highest BCUT2D eigenvalue weighted by molar-refractivity contribution is 7.98. The summed E-state index contributed by atoms with van der Waals surface area (Å²) in [7, 11) is 0. The van der Waals surface area contributed by atoms with Gasteiger partial charge in [-0.05, 0) is 38.0 Å². The van der Waals surface area contributed by atoms with Crippen molar-refractivity contribution in [2.75, 3.05) is 18.5 Å². The van der Waals surface area contributed by atoms with E-state index >= 15 is 0 Å². The molecule has 0 atom stereocenters. The van der Waals surface area contributed by atoms with E-state index in [2.05, 4.69) is 31.3 Å². The number of anilines is 1. The lowest BCUT2D eigenvalue weighted by atomic mass is 10.2. The summed E-state index contributed by atoms with van der Waals surface area (Å²) in [6.45, 7) is 5.13. The standard InChI is InChI=1S/C18H21N3OS2/c1-12-13(2)24-18-16(12)17(19-9-6-10-22)20-15(21-18)11-23-14-7-4-3-5-8-14/h3-5,7-8,22H,6,9-11H2,1-2H3,(H,19,20,21). The Morgan fingerprint density at radius 2 is 1.96 bits per heavy atom. The van der Waals surface area contributed by atoms with Crippen LogP contribution in [0.5, 0.6) is 0 Å². The molecule has 4 nitrogen and oxygen atoms in total. The fraction of sp³-hybridized carbons (Fsp3) is 0.333. The summed E-state index contributed by atoms with van der Waals surface area (Å²) in [6.07, 6.45) is 0.710. The molecule has 0 aliphatic carbocycles. The van der Waals surface area contributed by atoms with Crippen molar-refractivity contribution in [3.05, 3.63) is 46.6 Å². The quantitative estimate of drug-likeness (QED) is 0.484. The maximum atomic E-state index is 9.01. The van der Waals surface area contributed by atoms with Gasteiger partial charge in [-0.2, -0.15) is 0 Å². The second-order valence-corrected chi connectivity index (χ2v) is 7.81. The zero-order chi connectivity index (χ0) is 16.9. The third-order valence-electron chi connectivity index (χ3n) is 3.81. The molecule has 0 unspecified atom stereocenters. The van der Waals surface area contributed by atoms with Gasteiger partial charge in [0.1, 0.15) is 16.5 Å². The monoisotopic (exact) mass is 359 g/mol. The first-order valence-corrected chi connectivity index (χ1v) is 9.78. The summed E-state index contributed by atoms with van der Waals surface area (Å²) < 4.78 is 0. The Hall–Kier alpha value is -1.63. The van der Waals surface area contributed by atoms with E-state index in [1.165, 1.54) is 15.3 Å². The number of aliphatic hydroxyl groups excluding tert-OH is 1. The van der Waals surface area contributed by atoms with Crippen LogP contribution >= 0.6 is 23.1 Å². The molecule has 0 amide bonds. The van der Waals surface area contributed by atoms with Gasteiger partial charge in [-0.25, -0.2) is 9.97 Å². The molecule has 0 fully saturated rings. The van der Waals surface area contributed by atoms with Gasteiger partial charge in [0.2, 0.25) is 0 Å². The maximum Gasteiger partial charge on any atom is 0.142 e.